The van der Waals surface area contributed by atoms with Crippen LogP contribution < -0.4 is 25.2 Å². The van der Waals surface area contributed by atoms with E-state index in [-0.39, 0.29) is 27.7 Å². The number of hydrogen-bond acceptors (Lipinski definition) is 8. The van der Waals surface area contributed by atoms with Crippen molar-refractivity contribution in [2.75, 3.05) is 29.8 Å². The van der Waals surface area contributed by atoms with Gasteiger partial charge >= 0.3 is 0 Å². The van der Waals surface area contributed by atoms with Gasteiger partial charge in [0.1, 0.15) is 22.7 Å². The molecule has 1 aliphatic rings. The summed E-state index contributed by atoms with van der Waals surface area (Å²) < 4.78 is 40.7. The smallest absolute Gasteiger partial charge is 0.262 e. The summed E-state index contributed by atoms with van der Waals surface area (Å²) in [6.45, 7) is 1.10. The van der Waals surface area contributed by atoms with E-state index in [1.54, 1.807) is 18.2 Å². The lowest BCUT2D eigenvalue weighted by Crippen LogP contribution is -2.37. The fraction of sp³-hybridized carbons (Fsp3) is 0.179. The van der Waals surface area contributed by atoms with Crippen LogP contribution in [0, 0.1) is 0 Å². The summed E-state index contributed by atoms with van der Waals surface area (Å²) in [5, 5.41) is 4.64. The number of nitrogens with one attached hydrogen (secondary N) is 3. The topological polar surface area (TPSA) is 147 Å². The van der Waals surface area contributed by atoms with Crippen molar-refractivity contribution < 1.29 is 22.4 Å². The Balaban J connectivity index is 1.20. The molecule has 12 heteroatoms. The van der Waals surface area contributed by atoms with Crippen LogP contribution in [0.1, 0.15) is 16.8 Å². The van der Waals surface area contributed by atoms with Gasteiger partial charge in [-0.2, -0.15) is 0 Å². The van der Waals surface area contributed by atoms with Crippen LogP contribution in [0.3, 0.4) is 0 Å². The highest BCUT2D eigenvalue weighted by molar-refractivity contribution is 7.92. The Morgan fingerprint density at radius 3 is 2.75 bits per heavy atom. The van der Waals surface area contributed by atoms with Crippen LogP contribution in [0.4, 0.5) is 11.5 Å². The second-order valence-corrected chi connectivity index (χ2v) is 11.1. The lowest BCUT2D eigenvalue weighted by Gasteiger charge is -2.17. The fourth-order valence-electron chi connectivity index (χ4n) is 4.89. The molecule has 1 amide bonds. The number of ether oxygens (including phenoxy) is 1. The molecule has 3 N–H and O–H groups in total. The van der Waals surface area contributed by atoms with Gasteiger partial charge in [0, 0.05) is 47.6 Å². The molecule has 2 aromatic heterocycles. The van der Waals surface area contributed by atoms with Crippen molar-refractivity contribution >= 4 is 49.4 Å². The number of benzene rings is 3. The molecule has 11 nitrogen and oxygen atoms in total. The standard InChI is InChI=1S/C28H25N5O6S/c1-38-25-12-21-20-7-2-3-8-23(20)39-24(21)13-22(25)32-40(36,37)19-6-4-5-17(11-19)28(35)31-18-9-10-33(15-18)26-14-27(34)30-16-29-26/h2-8,11-14,16,18,32H,9-10,15H2,1H3,(H,31,35)(H,29,30,34). The van der Waals surface area contributed by atoms with Gasteiger partial charge in [0.25, 0.3) is 21.5 Å². The van der Waals surface area contributed by atoms with E-state index in [1.807, 2.05) is 29.2 Å². The Morgan fingerprint density at radius 1 is 1.07 bits per heavy atom. The van der Waals surface area contributed by atoms with Crippen LogP contribution in [0.5, 0.6) is 5.75 Å². The number of rotatable bonds is 7. The summed E-state index contributed by atoms with van der Waals surface area (Å²) in [5.41, 5.74) is 1.35. The average molecular weight is 560 g/mol. The van der Waals surface area contributed by atoms with Gasteiger partial charge in [-0.15, -0.1) is 0 Å². The maximum absolute atomic E-state index is 13.4. The SMILES string of the molecule is COc1cc2c(cc1NS(=O)(=O)c1cccc(C(=O)NC3CCN(c4cc(=O)[nH]cn4)C3)c1)oc1ccccc12. The van der Waals surface area contributed by atoms with E-state index in [9.17, 15) is 18.0 Å². The summed E-state index contributed by atoms with van der Waals surface area (Å²) in [6.07, 6.45) is 2.00. The highest BCUT2D eigenvalue weighted by Gasteiger charge is 2.26. The van der Waals surface area contributed by atoms with Crippen LogP contribution in [0.25, 0.3) is 21.9 Å². The summed E-state index contributed by atoms with van der Waals surface area (Å²) in [4.78, 5) is 33.1. The Morgan fingerprint density at radius 2 is 1.93 bits per heavy atom. The molecule has 0 aliphatic carbocycles. The molecule has 0 bridgehead atoms. The number of methoxy groups -OCH3 is 1. The number of para-hydroxylation sites is 1. The largest absolute Gasteiger partial charge is 0.495 e. The van der Waals surface area contributed by atoms with Gasteiger partial charge in [-0.25, -0.2) is 13.4 Å². The monoisotopic (exact) mass is 559 g/mol. The van der Waals surface area contributed by atoms with Gasteiger partial charge < -0.3 is 24.4 Å². The number of aromatic nitrogens is 2. The molecule has 0 radical (unpaired) electrons. The first-order valence-electron chi connectivity index (χ1n) is 12.5. The number of fused-ring (bicyclic) bond motifs is 3. The first kappa shape index (κ1) is 25.4. The zero-order valence-corrected chi connectivity index (χ0v) is 22.2. The molecule has 6 rings (SSSR count). The molecule has 1 saturated heterocycles. The normalized spacial score (nSPS) is 15.4. The molecule has 3 heterocycles. The molecule has 5 aromatic rings. The number of nitrogens with zero attached hydrogens (tertiary/aromatic N) is 2. The Hall–Kier alpha value is -4.84. The minimum atomic E-state index is -4.08. The number of sulfonamides is 1. The molecule has 0 saturated carbocycles. The van der Waals surface area contributed by atoms with Gasteiger partial charge in [0.15, 0.2) is 0 Å². The highest BCUT2D eigenvalue weighted by Crippen LogP contribution is 2.37. The van der Waals surface area contributed by atoms with Gasteiger partial charge in [-0.05, 0) is 36.8 Å². The van der Waals surface area contributed by atoms with E-state index in [0.29, 0.717) is 42.2 Å². The number of anilines is 2. The van der Waals surface area contributed by atoms with E-state index < -0.39 is 15.9 Å². The van der Waals surface area contributed by atoms with Crippen LogP contribution in [0.15, 0.2) is 87.2 Å². The zero-order valence-electron chi connectivity index (χ0n) is 21.4. The maximum Gasteiger partial charge on any atom is 0.262 e. The van der Waals surface area contributed by atoms with Crippen molar-refractivity contribution in [1.82, 2.24) is 15.3 Å². The third-order valence-electron chi connectivity index (χ3n) is 6.86. The summed E-state index contributed by atoms with van der Waals surface area (Å²) >= 11 is 0. The quantitative estimate of drug-likeness (QED) is 0.275. The van der Waals surface area contributed by atoms with Crippen molar-refractivity contribution in [2.24, 2.45) is 0 Å². The zero-order chi connectivity index (χ0) is 27.9. The third-order valence-corrected chi connectivity index (χ3v) is 8.22. The number of furan rings is 1. The van der Waals surface area contributed by atoms with E-state index in [4.69, 9.17) is 9.15 Å². The van der Waals surface area contributed by atoms with Crippen molar-refractivity contribution in [3.8, 4) is 5.75 Å². The lowest BCUT2D eigenvalue weighted by atomic mass is 10.1. The minimum absolute atomic E-state index is 0.0762. The first-order chi connectivity index (χ1) is 19.3. The van der Waals surface area contributed by atoms with Crippen LogP contribution in [-0.2, 0) is 10.0 Å². The molecular formula is C28H25N5O6S. The average Bonchev–Trinajstić information content (AvgIpc) is 3.56. The number of amides is 1. The van der Waals surface area contributed by atoms with Gasteiger partial charge in [-0.3, -0.25) is 14.3 Å². The number of hydrogen-bond donors (Lipinski definition) is 3. The summed E-state index contributed by atoms with van der Waals surface area (Å²) in [6, 6.07) is 17.9. The minimum Gasteiger partial charge on any atom is -0.495 e. The Labute approximate surface area is 228 Å². The van der Waals surface area contributed by atoms with Crippen LogP contribution >= 0.6 is 0 Å². The van der Waals surface area contributed by atoms with Crippen LogP contribution in [-0.4, -0.2) is 50.5 Å². The van der Waals surface area contributed by atoms with E-state index >= 15 is 0 Å². The van der Waals surface area contributed by atoms with Crippen molar-refractivity contribution in [3.63, 3.8) is 0 Å². The molecule has 1 aliphatic heterocycles. The van der Waals surface area contributed by atoms with E-state index in [2.05, 4.69) is 20.0 Å². The number of carbonyl (C=O) groups excluding carboxylic acids is 1. The summed E-state index contributed by atoms with van der Waals surface area (Å²) in [7, 11) is -2.62. The van der Waals surface area contributed by atoms with Crippen molar-refractivity contribution in [3.05, 3.63) is 89.0 Å². The molecule has 1 atom stereocenters. The van der Waals surface area contributed by atoms with E-state index in [1.165, 1.54) is 37.7 Å². The Kier molecular flexibility index (Phi) is 6.39. The number of carbonyl (C=O) groups is 1. The van der Waals surface area contributed by atoms with Crippen LogP contribution in [0.2, 0.25) is 0 Å². The molecule has 1 fully saturated rings. The van der Waals surface area contributed by atoms with Gasteiger partial charge in [0.2, 0.25) is 0 Å². The predicted octanol–water partition coefficient (Wildman–Crippen LogP) is 3.49. The van der Waals surface area contributed by atoms with Gasteiger partial charge in [0.05, 0.1) is 24.0 Å². The molecule has 0 spiro atoms. The van der Waals surface area contributed by atoms with Gasteiger partial charge in [-0.1, -0.05) is 24.3 Å². The number of H-pyrrole nitrogens is 1. The molecule has 40 heavy (non-hydrogen) atoms. The fourth-order valence-corrected chi connectivity index (χ4v) is 6.00. The highest BCUT2D eigenvalue weighted by atomic mass is 32.2. The number of aromatic amines is 1. The lowest BCUT2D eigenvalue weighted by molar-refractivity contribution is 0.0940. The first-order valence-corrected chi connectivity index (χ1v) is 14.0. The van der Waals surface area contributed by atoms with Crippen molar-refractivity contribution in [1.29, 1.82) is 0 Å². The molecular weight excluding hydrogens is 534 g/mol. The molecule has 3 aromatic carbocycles. The van der Waals surface area contributed by atoms with E-state index in [0.717, 1.165) is 10.8 Å². The molecule has 1 unspecified atom stereocenters. The Bertz CT molecular complexity index is 1920. The van der Waals surface area contributed by atoms with Crippen molar-refractivity contribution in [2.45, 2.75) is 17.4 Å². The maximum atomic E-state index is 13.4. The second kappa shape index (κ2) is 10.0. The second-order valence-electron chi connectivity index (χ2n) is 9.45. The molecule has 204 valence electrons. The predicted molar refractivity (Wildman–Crippen MR) is 150 cm³/mol. The third kappa shape index (κ3) is 4.84. The summed E-state index contributed by atoms with van der Waals surface area (Å²) in [5.74, 6) is 0.470.